The number of alkyl halides is 3. The fourth-order valence-corrected chi connectivity index (χ4v) is 2.07. The number of rotatable bonds is 4. The van der Waals surface area contributed by atoms with Crippen LogP contribution in [0.25, 0.3) is 11.3 Å². The number of anilines is 1. The van der Waals surface area contributed by atoms with Gasteiger partial charge in [-0.05, 0) is 12.1 Å². The average Bonchev–Trinajstić information content (AvgIpc) is 2.98. The second-order valence-corrected chi connectivity index (χ2v) is 5.05. The highest BCUT2D eigenvalue weighted by molar-refractivity contribution is 5.59. The summed E-state index contributed by atoms with van der Waals surface area (Å²) >= 11 is 0. The number of nitrogens with zero attached hydrogens (tertiary/aromatic N) is 5. The zero-order chi connectivity index (χ0) is 17.2. The summed E-state index contributed by atoms with van der Waals surface area (Å²) in [6.07, 6.45) is 0.523. The Labute approximate surface area is 135 Å². The van der Waals surface area contributed by atoms with Crippen molar-refractivity contribution in [2.75, 3.05) is 5.32 Å². The smallest absolute Gasteiger partial charge is 0.346 e. The van der Waals surface area contributed by atoms with Crippen LogP contribution in [0.2, 0.25) is 0 Å². The number of benzene rings is 1. The molecule has 3 aromatic rings. The highest BCUT2D eigenvalue weighted by Crippen LogP contribution is 2.30. The molecule has 9 heteroatoms. The first-order valence-corrected chi connectivity index (χ1v) is 7.01. The van der Waals surface area contributed by atoms with Crippen molar-refractivity contribution in [3.63, 3.8) is 0 Å². The molecule has 2 aromatic heterocycles. The van der Waals surface area contributed by atoms with Gasteiger partial charge in [-0.15, -0.1) is 5.10 Å². The largest absolute Gasteiger partial charge is 0.416 e. The Kier molecular flexibility index (Phi) is 4.15. The van der Waals surface area contributed by atoms with E-state index in [1.165, 1.54) is 18.3 Å². The van der Waals surface area contributed by atoms with Gasteiger partial charge in [-0.1, -0.05) is 12.1 Å². The van der Waals surface area contributed by atoms with Gasteiger partial charge in [0.05, 0.1) is 24.0 Å². The fraction of sp³-hybridized carbons (Fsp3) is 0.200. The predicted molar refractivity (Wildman–Crippen MR) is 80.8 cm³/mol. The Hall–Kier alpha value is -2.97. The zero-order valence-electron chi connectivity index (χ0n) is 12.6. The van der Waals surface area contributed by atoms with Crippen molar-refractivity contribution in [2.45, 2.75) is 12.7 Å². The summed E-state index contributed by atoms with van der Waals surface area (Å²) in [5.74, 6) is 1.06. The maximum Gasteiger partial charge on any atom is 0.416 e. The molecule has 24 heavy (non-hydrogen) atoms. The molecule has 3 rings (SSSR count). The zero-order valence-corrected chi connectivity index (χ0v) is 12.6. The van der Waals surface area contributed by atoms with E-state index in [1.807, 2.05) is 17.8 Å². The monoisotopic (exact) mass is 334 g/mol. The van der Waals surface area contributed by atoms with Gasteiger partial charge < -0.3 is 9.88 Å². The van der Waals surface area contributed by atoms with Crippen LogP contribution in [-0.4, -0.2) is 24.7 Å². The van der Waals surface area contributed by atoms with Crippen LogP contribution in [-0.2, 0) is 19.8 Å². The maximum atomic E-state index is 12.6. The molecule has 1 aromatic carbocycles. The van der Waals surface area contributed by atoms with Crippen molar-refractivity contribution in [3.8, 4) is 11.3 Å². The van der Waals surface area contributed by atoms with Crippen molar-refractivity contribution in [1.82, 2.24) is 24.7 Å². The van der Waals surface area contributed by atoms with Crippen molar-refractivity contribution in [2.24, 2.45) is 7.05 Å². The van der Waals surface area contributed by atoms with Gasteiger partial charge >= 0.3 is 6.18 Å². The van der Waals surface area contributed by atoms with Crippen molar-refractivity contribution in [3.05, 3.63) is 54.2 Å². The summed E-state index contributed by atoms with van der Waals surface area (Å²) in [5, 5.41) is 10.7. The first-order chi connectivity index (χ1) is 11.4. The topological polar surface area (TPSA) is 68.5 Å². The summed E-state index contributed by atoms with van der Waals surface area (Å²) < 4.78 is 39.6. The molecule has 1 N–H and O–H groups in total. The molecule has 2 heterocycles. The third-order valence-corrected chi connectivity index (χ3v) is 3.39. The van der Waals surface area contributed by atoms with Gasteiger partial charge in [0.2, 0.25) is 5.95 Å². The predicted octanol–water partition coefficient (Wildman–Crippen LogP) is 2.90. The molecule has 0 aliphatic carbocycles. The van der Waals surface area contributed by atoms with Gasteiger partial charge in [0.1, 0.15) is 5.82 Å². The molecule has 124 valence electrons. The van der Waals surface area contributed by atoms with E-state index in [4.69, 9.17) is 0 Å². The van der Waals surface area contributed by atoms with E-state index < -0.39 is 11.7 Å². The molecule has 0 aliphatic heterocycles. The summed E-state index contributed by atoms with van der Waals surface area (Å²) in [6.45, 7) is 0.404. The highest BCUT2D eigenvalue weighted by Gasteiger charge is 2.30. The van der Waals surface area contributed by atoms with E-state index in [1.54, 1.807) is 6.20 Å². The van der Waals surface area contributed by atoms with Crippen molar-refractivity contribution >= 4 is 5.95 Å². The maximum absolute atomic E-state index is 12.6. The Morgan fingerprint density at radius 2 is 1.92 bits per heavy atom. The number of imidazole rings is 1. The van der Waals surface area contributed by atoms with Crippen LogP contribution in [0.5, 0.6) is 0 Å². The number of nitrogens with one attached hydrogen (secondary N) is 1. The molecular weight excluding hydrogens is 321 g/mol. The second-order valence-electron chi connectivity index (χ2n) is 5.05. The Morgan fingerprint density at radius 1 is 1.17 bits per heavy atom. The van der Waals surface area contributed by atoms with Crippen LogP contribution in [0, 0.1) is 0 Å². The third-order valence-electron chi connectivity index (χ3n) is 3.39. The van der Waals surface area contributed by atoms with Crippen LogP contribution in [0.1, 0.15) is 11.4 Å². The molecule has 0 atom stereocenters. The van der Waals surface area contributed by atoms with E-state index >= 15 is 0 Å². The van der Waals surface area contributed by atoms with Gasteiger partial charge in [0, 0.05) is 25.0 Å². The van der Waals surface area contributed by atoms with E-state index in [0.29, 0.717) is 17.8 Å². The SMILES string of the molecule is Cn1ccnc1CNc1nncc(-c2ccc(C(F)(F)F)cc2)n1. The number of hydrogen-bond donors (Lipinski definition) is 1. The standard InChI is InChI=1S/C15H13F3N6/c1-24-7-6-19-13(24)9-20-14-22-12(8-21-23-14)10-2-4-11(5-3-10)15(16,17)18/h2-8H,9H2,1H3,(H,20,22,23). The lowest BCUT2D eigenvalue weighted by Gasteiger charge is -2.08. The minimum Gasteiger partial charge on any atom is -0.346 e. The van der Waals surface area contributed by atoms with E-state index in [2.05, 4.69) is 25.5 Å². The number of aromatic nitrogens is 5. The molecule has 0 bridgehead atoms. The van der Waals surface area contributed by atoms with Gasteiger partial charge in [-0.2, -0.15) is 18.3 Å². The molecule has 0 radical (unpaired) electrons. The van der Waals surface area contributed by atoms with Crippen molar-refractivity contribution in [1.29, 1.82) is 0 Å². The fourth-order valence-electron chi connectivity index (χ4n) is 2.07. The third kappa shape index (κ3) is 3.50. The summed E-state index contributed by atoms with van der Waals surface area (Å²) in [4.78, 5) is 8.42. The normalized spacial score (nSPS) is 11.5. The van der Waals surface area contributed by atoms with E-state index in [0.717, 1.165) is 18.0 Å². The molecule has 6 nitrogen and oxygen atoms in total. The van der Waals surface area contributed by atoms with Crippen LogP contribution >= 0.6 is 0 Å². The van der Waals surface area contributed by atoms with Crippen LogP contribution < -0.4 is 5.32 Å². The summed E-state index contributed by atoms with van der Waals surface area (Å²) in [5.41, 5.74) is 0.250. The molecule has 0 aliphatic rings. The summed E-state index contributed by atoms with van der Waals surface area (Å²) in [6, 6.07) is 4.74. The van der Waals surface area contributed by atoms with Gasteiger partial charge in [0.25, 0.3) is 0 Å². The molecule has 0 amide bonds. The van der Waals surface area contributed by atoms with Crippen LogP contribution in [0.15, 0.2) is 42.9 Å². The molecule has 0 unspecified atom stereocenters. The molecule has 0 saturated carbocycles. The van der Waals surface area contributed by atoms with Crippen LogP contribution in [0.3, 0.4) is 0 Å². The number of hydrogen-bond acceptors (Lipinski definition) is 5. The Morgan fingerprint density at radius 3 is 2.54 bits per heavy atom. The minimum atomic E-state index is -4.36. The van der Waals surface area contributed by atoms with E-state index in [-0.39, 0.29) is 5.95 Å². The quantitative estimate of drug-likeness (QED) is 0.794. The van der Waals surface area contributed by atoms with E-state index in [9.17, 15) is 13.2 Å². The molecule has 0 spiro atoms. The van der Waals surface area contributed by atoms with Crippen LogP contribution in [0.4, 0.5) is 19.1 Å². The number of aryl methyl sites for hydroxylation is 1. The second kappa shape index (κ2) is 6.26. The highest BCUT2D eigenvalue weighted by atomic mass is 19.4. The lowest BCUT2D eigenvalue weighted by Crippen LogP contribution is -2.09. The Bertz CT molecular complexity index is 826. The lowest BCUT2D eigenvalue weighted by molar-refractivity contribution is -0.137. The average molecular weight is 334 g/mol. The Balaban J connectivity index is 1.76. The minimum absolute atomic E-state index is 0.274. The first-order valence-electron chi connectivity index (χ1n) is 7.01. The molecule has 0 fully saturated rings. The van der Waals surface area contributed by atoms with Gasteiger partial charge in [-0.25, -0.2) is 9.97 Å². The molecule has 0 saturated heterocycles. The lowest BCUT2D eigenvalue weighted by atomic mass is 10.1. The molecular formula is C15H13F3N6. The summed E-state index contributed by atoms with van der Waals surface area (Å²) in [7, 11) is 1.86. The number of halogens is 3. The van der Waals surface area contributed by atoms with Gasteiger partial charge in [0.15, 0.2) is 0 Å². The van der Waals surface area contributed by atoms with Crippen molar-refractivity contribution < 1.29 is 13.2 Å². The first kappa shape index (κ1) is 15.9. The van der Waals surface area contributed by atoms with Gasteiger partial charge in [-0.3, -0.25) is 0 Å².